The molecule has 7 nitrogen and oxygen atoms in total. The molecule has 30 heavy (non-hydrogen) atoms. The number of hydrogen-bond acceptors (Lipinski definition) is 6. The normalized spacial score (nSPS) is 14.2. The number of likely N-dealkylation sites (N-methyl/N-ethyl adjacent to an activating group) is 1. The van der Waals surface area contributed by atoms with E-state index < -0.39 is 5.97 Å². The maximum absolute atomic E-state index is 12.5. The summed E-state index contributed by atoms with van der Waals surface area (Å²) in [6, 6.07) is 12.6. The second-order valence-corrected chi connectivity index (χ2v) is 7.70. The molecule has 2 aromatic rings. The number of piperazine rings is 1. The summed E-state index contributed by atoms with van der Waals surface area (Å²) in [4.78, 5) is 29.0. The number of rotatable bonds is 4. The van der Waals surface area contributed by atoms with Gasteiger partial charge >= 0.3 is 5.97 Å². The molecule has 1 heterocycles. The van der Waals surface area contributed by atoms with Crippen LogP contribution in [0.2, 0.25) is 0 Å². The first-order valence-corrected chi connectivity index (χ1v) is 10.1. The van der Waals surface area contributed by atoms with Crippen LogP contribution < -0.4 is 15.5 Å². The van der Waals surface area contributed by atoms with Crippen LogP contribution in [0.5, 0.6) is 0 Å². The zero-order valence-corrected chi connectivity index (χ0v) is 18.2. The van der Waals surface area contributed by atoms with Gasteiger partial charge in [-0.15, -0.1) is 0 Å². The second kappa shape index (κ2) is 9.69. The van der Waals surface area contributed by atoms with Crippen molar-refractivity contribution >= 4 is 40.6 Å². The molecule has 8 heteroatoms. The van der Waals surface area contributed by atoms with Crippen molar-refractivity contribution in [1.29, 1.82) is 0 Å². The molecule has 1 amide bonds. The Bertz CT molecular complexity index is 955. The minimum Gasteiger partial charge on any atom is -0.465 e. The first-order chi connectivity index (χ1) is 14.4. The van der Waals surface area contributed by atoms with Crippen molar-refractivity contribution in [3.63, 3.8) is 0 Å². The highest BCUT2D eigenvalue weighted by atomic mass is 32.1. The number of hydrogen-bond donors (Lipinski definition) is 2. The lowest BCUT2D eigenvalue weighted by Gasteiger charge is -2.35. The Balaban J connectivity index is 1.80. The highest BCUT2D eigenvalue weighted by Crippen LogP contribution is 2.28. The second-order valence-electron chi connectivity index (χ2n) is 7.29. The fraction of sp³-hybridized carbons (Fsp3) is 0.318. The zero-order valence-electron chi connectivity index (χ0n) is 17.4. The molecular formula is C22H26N4O3S. The average molecular weight is 427 g/mol. The van der Waals surface area contributed by atoms with Crippen LogP contribution in [0.3, 0.4) is 0 Å². The molecule has 3 rings (SSSR count). The lowest BCUT2D eigenvalue weighted by atomic mass is 10.1. The molecule has 2 N–H and O–H groups in total. The Labute approximate surface area is 182 Å². The lowest BCUT2D eigenvalue weighted by molar-refractivity contribution is 0.0600. The van der Waals surface area contributed by atoms with Gasteiger partial charge in [0.1, 0.15) is 0 Å². The number of nitrogens with zero attached hydrogens (tertiary/aromatic N) is 2. The monoisotopic (exact) mass is 426 g/mol. The fourth-order valence-electron chi connectivity index (χ4n) is 3.32. The van der Waals surface area contributed by atoms with Crippen LogP contribution in [-0.2, 0) is 4.74 Å². The Hall–Kier alpha value is -2.97. The van der Waals surface area contributed by atoms with E-state index in [9.17, 15) is 9.59 Å². The van der Waals surface area contributed by atoms with Crippen molar-refractivity contribution in [2.24, 2.45) is 0 Å². The highest BCUT2D eigenvalue weighted by molar-refractivity contribution is 7.80. The summed E-state index contributed by atoms with van der Waals surface area (Å²) in [5.74, 6) is -0.723. The molecule has 0 saturated carbocycles. The first kappa shape index (κ1) is 21.7. The number of esters is 1. The number of benzene rings is 2. The third-order valence-electron chi connectivity index (χ3n) is 5.02. The van der Waals surface area contributed by atoms with Gasteiger partial charge in [-0.1, -0.05) is 17.7 Å². The van der Waals surface area contributed by atoms with Crippen molar-refractivity contribution in [1.82, 2.24) is 10.2 Å². The molecule has 0 aromatic heterocycles. The Morgan fingerprint density at radius 1 is 1.03 bits per heavy atom. The van der Waals surface area contributed by atoms with Gasteiger partial charge in [-0.3, -0.25) is 10.1 Å². The number of carbonyl (C=O) groups is 2. The predicted molar refractivity (Wildman–Crippen MR) is 122 cm³/mol. The highest BCUT2D eigenvalue weighted by Gasteiger charge is 2.20. The zero-order chi connectivity index (χ0) is 21.7. The van der Waals surface area contributed by atoms with Gasteiger partial charge in [-0.2, -0.15) is 0 Å². The molecule has 2 aromatic carbocycles. The van der Waals surface area contributed by atoms with Crippen LogP contribution in [0.25, 0.3) is 0 Å². The molecule has 0 spiro atoms. The van der Waals surface area contributed by atoms with Gasteiger partial charge in [0.25, 0.3) is 5.91 Å². The number of anilines is 2. The molecule has 1 aliphatic rings. The molecule has 0 bridgehead atoms. The van der Waals surface area contributed by atoms with Crippen LogP contribution in [0.15, 0.2) is 42.5 Å². The summed E-state index contributed by atoms with van der Waals surface area (Å²) in [6.07, 6.45) is 0. The van der Waals surface area contributed by atoms with E-state index in [1.807, 2.05) is 25.1 Å². The van der Waals surface area contributed by atoms with Gasteiger partial charge in [0.2, 0.25) is 0 Å². The average Bonchev–Trinajstić information content (AvgIpc) is 2.73. The number of aryl methyl sites for hydroxylation is 1. The lowest BCUT2D eigenvalue weighted by Crippen LogP contribution is -2.45. The number of thiocarbonyl (C=S) groups is 1. The SMILES string of the molecule is COC(=O)c1ccc(N2CCN(C)CC2)c(NC(=S)NC(=O)c2cccc(C)c2)c1. The molecule has 0 unspecified atom stereocenters. The molecular weight excluding hydrogens is 400 g/mol. The van der Waals surface area contributed by atoms with Crippen molar-refractivity contribution in [3.05, 3.63) is 59.2 Å². The Morgan fingerprint density at radius 2 is 1.77 bits per heavy atom. The summed E-state index contributed by atoms with van der Waals surface area (Å²) in [5, 5.41) is 5.97. The van der Waals surface area contributed by atoms with E-state index in [1.54, 1.807) is 24.3 Å². The van der Waals surface area contributed by atoms with Gasteiger partial charge in [-0.25, -0.2) is 4.79 Å². The van der Waals surface area contributed by atoms with E-state index in [4.69, 9.17) is 17.0 Å². The molecule has 0 atom stereocenters. The number of carbonyl (C=O) groups excluding carboxylic acids is 2. The molecule has 1 aliphatic heterocycles. The van der Waals surface area contributed by atoms with Gasteiger partial charge in [0.05, 0.1) is 24.0 Å². The van der Waals surface area contributed by atoms with Crippen LogP contribution in [0.1, 0.15) is 26.3 Å². The summed E-state index contributed by atoms with van der Waals surface area (Å²) in [6.45, 7) is 5.50. The van der Waals surface area contributed by atoms with Gasteiger partial charge in [0, 0.05) is 31.7 Å². The first-order valence-electron chi connectivity index (χ1n) is 9.72. The quantitative estimate of drug-likeness (QED) is 0.575. The molecule has 1 saturated heterocycles. The van der Waals surface area contributed by atoms with Crippen molar-refractivity contribution < 1.29 is 14.3 Å². The van der Waals surface area contributed by atoms with Gasteiger partial charge < -0.3 is 19.9 Å². The standard InChI is InChI=1S/C22H26N4O3S/c1-15-5-4-6-16(13-15)20(27)24-22(30)23-18-14-17(21(28)29-3)7-8-19(18)26-11-9-25(2)10-12-26/h4-8,13-14H,9-12H2,1-3H3,(H2,23,24,27,30). The van der Waals surface area contributed by atoms with E-state index in [0.29, 0.717) is 16.8 Å². The van der Waals surface area contributed by atoms with E-state index in [1.165, 1.54) is 7.11 Å². The van der Waals surface area contributed by atoms with E-state index in [2.05, 4.69) is 27.5 Å². The Morgan fingerprint density at radius 3 is 2.43 bits per heavy atom. The molecule has 158 valence electrons. The maximum Gasteiger partial charge on any atom is 0.337 e. The Kier molecular flexibility index (Phi) is 7.02. The largest absolute Gasteiger partial charge is 0.465 e. The smallest absolute Gasteiger partial charge is 0.337 e. The molecule has 0 aliphatic carbocycles. The minimum atomic E-state index is -0.433. The third-order valence-corrected chi connectivity index (χ3v) is 5.22. The predicted octanol–water partition coefficient (Wildman–Crippen LogP) is 2.66. The third kappa shape index (κ3) is 5.34. The maximum atomic E-state index is 12.5. The van der Waals surface area contributed by atoms with Gasteiger partial charge in [-0.05, 0) is 56.5 Å². The van der Waals surface area contributed by atoms with E-state index in [-0.39, 0.29) is 11.0 Å². The number of methoxy groups -OCH3 is 1. The van der Waals surface area contributed by atoms with Crippen LogP contribution in [-0.4, -0.2) is 62.2 Å². The van der Waals surface area contributed by atoms with Gasteiger partial charge in [0.15, 0.2) is 5.11 Å². The van der Waals surface area contributed by atoms with E-state index in [0.717, 1.165) is 37.4 Å². The topological polar surface area (TPSA) is 73.9 Å². The summed E-state index contributed by atoms with van der Waals surface area (Å²) >= 11 is 5.38. The number of nitrogens with one attached hydrogen (secondary N) is 2. The van der Waals surface area contributed by atoms with Crippen molar-refractivity contribution in [2.45, 2.75) is 6.92 Å². The van der Waals surface area contributed by atoms with Crippen LogP contribution in [0, 0.1) is 6.92 Å². The number of amides is 1. The molecule has 1 fully saturated rings. The summed E-state index contributed by atoms with van der Waals surface area (Å²) in [5.41, 5.74) is 3.50. The van der Waals surface area contributed by atoms with Crippen molar-refractivity contribution in [2.75, 3.05) is 50.6 Å². The van der Waals surface area contributed by atoms with E-state index >= 15 is 0 Å². The molecule has 0 radical (unpaired) electrons. The summed E-state index contributed by atoms with van der Waals surface area (Å²) in [7, 11) is 3.43. The number of ether oxygens (including phenoxy) is 1. The van der Waals surface area contributed by atoms with Crippen LogP contribution in [0.4, 0.5) is 11.4 Å². The van der Waals surface area contributed by atoms with Crippen molar-refractivity contribution in [3.8, 4) is 0 Å². The van der Waals surface area contributed by atoms with Crippen LogP contribution >= 0.6 is 12.2 Å². The summed E-state index contributed by atoms with van der Waals surface area (Å²) < 4.78 is 4.84. The minimum absolute atomic E-state index is 0.166. The fourth-order valence-corrected chi connectivity index (χ4v) is 3.52.